The number of aromatic nitrogens is 3. The molecule has 0 unspecified atom stereocenters. The van der Waals surface area contributed by atoms with Gasteiger partial charge in [-0.3, -0.25) is 10.1 Å². The number of hydrogen-bond donors (Lipinski definition) is 1. The van der Waals surface area contributed by atoms with E-state index in [0.717, 1.165) is 29.1 Å². The summed E-state index contributed by atoms with van der Waals surface area (Å²) in [5.41, 5.74) is 2.32. The van der Waals surface area contributed by atoms with E-state index in [4.69, 9.17) is 0 Å². The van der Waals surface area contributed by atoms with Gasteiger partial charge in [0.25, 0.3) is 5.91 Å². The number of amides is 1. The lowest BCUT2D eigenvalue weighted by Crippen LogP contribution is -2.14. The number of hydrogen-bond acceptors (Lipinski definition) is 5. The van der Waals surface area contributed by atoms with Gasteiger partial charge >= 0.3 is 0 Å². The molecule has 2 aromatic heterocycles. The number of carbonyl (C=O) groups is 1. The lowest BCUT2D eigenvalue weighted by Gasteiger charge is -2.02. The molecule has 1 amide bonds. The van der Waals surface area contributed by atoms with E-state index in [2.05, 4.69) is 20.3 Å². The fraction of sp³-hybridized carbons (Fsp3) is 0.385. The van der Waals surface area contributed by atoms with E-state index in [0.29, 0.717) is 16.7 Å². The van der Waals surface area contributed by atoms with Gasteiger partial charge in [0, 0.05) is 16.5 Å². The van der Waals surface area contributed by atoms with E-state index in [-0.39, 0.29) is 5.91 Å². The highest BCUT2D eigenvalue weighted by atomic mass is 32.1. The number of carbonyl (C=O) groups excluding carboxylic acids is 1. The van der Waals surface area contributed by atoms with Crippen LogP contribution in [0.3, 0.4) is 0 Å². The van der Waals surface area contributed by atoms with Crippen LogP contribution in [0.2, 0.25) is 0 Å². The van der Waals surface area contributed by atoms with Gasteiger partial charge in [-0.1, -0.05) is 0 Å². The molecule has 0 saturated heterocycles. The Morgan fingerprint density at radius 3 is 2.79 bits per heavy atom. The molecule has 0 radical (unpaired) electrons. The molecule has 1 fully saturated rings. The highest BCUT2D eigenvalue weighted by molar-refractivity contribution is 7.15. The monoisotopic (exact) mass is 274 g/mol. The molecule has 0 spiro atoms. The number of thiazole rings is 1. The molecule has 3 rings (SSSR count). The Morgan fingerprint density at radius 2 is 2.16 bits per heavy atom. The van der Waals surface area contributed by atoms with Crippen molar-refractivity contribution in [1.82, 2.24) is 15.0 Å². The highest BCUT2D eigenvalue weighted by Gasteiger charge is 2.26. The minimum Gasteiger partial charge on any atom is -0.296 e. The Kier molecular flexibility index (Phi) is 3.02. The van der Waals surface area contributed by atoms with Crippen LogP contribution in [0.25, 0.3) is 0 Å². The second-order valence-corrected chi connectivity index (χ2v) is 5.92. The first-order chi connectivity index (χ1) is 9.13. The fourth-order valence-electron chi connectivity index (χ4n) is 1.79. The molecule has 98 valence electrons. The maximum absolute atomic E-state index is 12.1. The third-order valence-electron chi connectivity index (χ3n) is 3.17. The average molecular weight is 274 g/mol. The van der Waals surface area contributed by atoms with Gasteiger partial charge in [-0.15, -0.1) is 11.3 Å². The SMILES string of the molecule is Cc1nc(NC(=O)c2cc(C3CC3)ncn2)sc1C. The summed E-state index contributed by atoms with van der Waals surface area (Å²) >= 11 is 1.47. The minimum absolute atomic E-state index is 0.224. The zero-order valence-electron chi connectivity index (χ0n) is 10.8. The van der Waals surface area contributed by atoms with Gasteiger partial charge in [0.1, 0.15) is 12.0 Å². The lowest BCUT2D eigenvalue weighted by molar-refractivity contribution is 0.102. The normalized spacial score (nSPS) is 14.4. The van der Waals surface area contributed by atoms with Crippen molar-refractivity contribution in [3.8, 4) is 0 Å². The molecular weight excluding hydrogens is 260 g/mol. The second-order valence-electron chi connectivity index (χ2n) is 4.72. The van der Waals surface area contributed by atoms with E-state index >= 15 is 0 Å². The van der Waals surface area contributed by atoms with E-state index in [9.17, 15) is 4.79 Å². The minimum atomic E-state index is -0.224. The van der Waals surface area contributed by atoms with Crippen molar-refractivity contribution in [1.29, 1.82) is 0 Å². The molecule has 2 aromatic rings. The number of aryl methyl sites for hydroxylation is 2. The molecule has 5 nitrogen and oxygen atoms in total. The van der Waals surface area contributed by atoms with Crippen LogP contribution in [0.5, 0.6) is 0 Å². The zero-order valence-corrected chi connectivity index (χ0v) is 11.6. The predicted octanol–water partition coefficient (Wildman–Crippen LogP) is 2.68. The first kappa shape index (κ1) is 12.2. The van der Waals surface area contributed by atoms with E-state index in [1.807, 2.05) is 13.8 Å². The van der Waals surface area contributed by atoms with Crippen LogP contribution in [-0.2, 0) is 0 Å². The van der Waals surface area contributed by atoms with Crippen LogP contribution in [0, 0.1) is 13.8 Å². The maximum atomic E-state index is 12.1. The summed E-state index contributed by atoms with van der Waals surface area (Å²) in [6, 6.07) is 1.78. The standard InChI is InChI=1S/C13H14N4OS/c1-7-8(2)19-13(16-7)17-12(18)11-5-10(9-3-4-9)14-6-15-11/h5-6,9H,3-4H2,1-2H3,(H,16,17,18). The van der Waals surface area contributed by atoms with Crippen molar-refractivity contribution in [2.75, 3.05) is 5.32 Å². The Balaban J connectivity index is 1.77. The summed E-state index contributed by atoms with van der Waals surface area (Å²) in [5.74, 6) is 0.289. The van der Waals surface area contributed by atoms with E-state index in [1.54, 1.807) is 6.07 Å². The van der Waals surface area contributed by atoms with Crippen LogP contribution in [0.4, 0.5) is 5.13 Å². The van der Waals surface area contributed by atoms with Gasteiger partial charge in [0.05, 0.1) is 5.69 Å². The molecule has 0 bridgehead atoms. The molecule has 0 atom stereocenters. The highest BCUT2D eigenvalue weighted by Crippen LogP contribution is 2.38. The van der Waals surface area contributed by atoms with Crippen LogP contribution in [-0.4, -0.2) is 20.9 Å². The molecular formula is C13H14N4OS. The first-order valence-corrected chi connectivity index (χ1v) is 7.02. The van der Waals surface area contributed by atoms with Crippen LogP contribution >= 0.6 is 11.3 Å². The van der Waals surface area contributed by atoms with Gasteiger partial charge in [-0.25, -0.2) is 15.0 Å². The van der Waals surface area contributed by atoms with Gasteiger partial charge in [-0.05, 0) is 32.8 Å². The molecule has 0 aromatic carbocycles. The Morgan fingerprint density at radius 1 is 1.37 bits per heavy atom. The Hall–Kier alpha value is -1.82. The number of anilines is 1. The van der Waals surface area contributed by atoms with Crippen molar-refractivity contribution < 1.29 is 4.79 Å². The average Bonchev–Trinajstić information content (AvgIpc) is 3.18. The molecule has 1 saturated carbocycles. The van der Waals surface area contributed by atoms with Gasteiger partial charge in [-0.2, -0.15) is 0 Å². The summed E-state index contributed by atoms with van der Waals surface area (Å²) in [5, 5.41) is 3.40. The third kappa shape index (κ3) is 2.63. The number of nitrogens with zero attached hydrogens (tertiary/aromatic N) is 3. The Bertz CT molecular complexity index is 614. The third-order valence-corrected chi connectivity index (χ3v) is 4.15. The van der Waals surface area contributed by atoms with Crippen molar-refractivity contribution in [3.63, 3.8) is 0 Å². The number of rotatable bonds is 3. The molecule has 1 aliphatic carbocycles. The summed E-state index contributed by atoms with van der Waals surface area (Å²) in [6.45, 7) is 3.91. The van der Waals surface area contributed by atoms with Gasteiger partial charge in [0.15, 0.2) is 5.13 Å². The zero-order chi connectivity index (χ0) is 13.4. The predicted molar refractivity (Wildman–Crippen MR) is 73.5 cm³/mol. The van der Waals surface area contributed by atoms with Crippen molar-refractivity contribution in [2.24, 2.45) is 0 Å². The van der Waals surface area contributed by atoms with Crippen molar-refractivity contribution >= 4 is 22.4 Å². The summed E-state index contributed by atoms with van der Waals surface area (Å²) in [6.07, 6.45) is 3.77. The summed E-state index contributed by atoms with van der Waals surface area (Å²) in [4.78, 5) is 25.7. The van der Waals surface area contributed by atoms with Crippen molar-refractivity contribution in [3.05, 3.63) is 34.4 Å². The van der Waals surface area contributed by atoms with Crippen LogP contribution in [0.15, 0.2) is 12.4 Å². The number of nitrogens with one attached hydrogen (secondary N) is 1. The van der Waals surface area contributed by atoms with Gasteiger partial charge in [0.2, 0.25) is 0 Å². The maximum Gasteiger partial charge on any atom is 0.276 e. The summed E-state index contributed by atoms with van der Waals surface area (Å²) < 4.78 is 0. The molecule has 2 heterocycles. The molecule has 6 heteroatoms. The van der Waals surface area contributed by atoms with Crippen LogP contribution in [0.1, 0.15) is 45.5 Å². The molecule has 0 aliphatic heterocycles. The topological polar surface area (TPSA) is 67.8 Å². The largest absolute Gasteiger partial charge is 0.296 e. The fourth-order valence-corrected chi connectivity index (χ4v) is 2.60. The molecule has 19 heavy (non-hydrogen) atoms. The summed E-state index contributed by atoms with van der Waals surface area (Å²) in [7, 11) is 0. The Labute approximate surface area is 115 Å². The van der Waals surface area contributed by atoms with Crippen LogP contribution < -0.4 is 5.32 Å². The van der Waals surface area contributed by atoms with E-state index < -0.39 is 0 Å². The lowest BCUT2D eigenvalue weighted by atomic mass is 10.2. The quantitative estimate of drug-likeness (QED) is 0.934. The first-order valence-electron chi connectivity index (χ1n) is 6.21. The van der Waals surface area contributed by atoms with Gasteiger partial charge < -0.3 is 0 Å². The smallest absolute Gasteiger partial charge is 0.276 e. The van der Waals surface area contributed by atoms with Crippen molar-refractivity contribution in [2.45, 2.75) is 32.6 Å². The molecule has 1 aliphatic rings. The molecule has 1 N–H and O–H groups in total. The second kappa shape index (κ2) is 4.70. The van der Waals surface area contributed by atoms with E-state index in [1.165, 1.54) is 17.7 Å².